The molecule has 0 saturated carbocycles. The maximum atomic E-state index is 12.5. The molecule has 2 aromatic rings. The number of nitrogens with zero attached hydrogens (tertiary/aromatic N) is 4. The van der Waals surface area contributed by atoms with Crippen molar-refractivity contribution in [1.29, 1.82) is 0 Å². The Hall–Kier alpha value is -2.71. The Balaban J connectivity index is 1.49. The molecular weight excluding hydrogens is 440 g/mol. The zero-order valence-electron chi connectivity index (χ0n) is 21.9. The molecule has 192 valence electrons. The summed E-state index contributed by atoms with van der Waals surface area (Å²) in [5.74, 6) is 0.777. The Morgan fingerprint density at radius 3 is 2.34 bits per heavy atom. The standard InChI is InChI=1S/C27H42N6O2/c1-5-12-32(13-6-2)14-11-28-26(34)9-10-27(35)29-22-7-8-24-23(20-22)21(3)19-25(30-24)33-17-15-31(4)16-18-33/h7-8,19-20H,5-6,9-18H2,1-4H3,(H,28,34)(H,29,35). The van der Waals surface area contributed by atoms with E-state index in [-0.39, 0.29) is 24.7 Å². The van der Waals surface area contributed by atoms with Crippen LogP contribution in [0.3, 0.4) is 0 Å². The quantitative estimate of drug-likeness (QED) is 0.483. The third-order valence-corrected chi connectivity index (χ3v) is 6.52. The predicted molar refractivity (Wildman–Crippen MR) is 144 cm³/mol. The van der Waals surface area contributed by atoms with Crippen LogP contribution in [0.5, 0.6) is 0 Å². The predicted octanol–water partition coefficient (Wildman–Crippen LogP) is 3.25. The van der Waals surface area contributed by atoms with E-state index in [1.54, 1.807) is 0 Å². The number of hydrogen-bond donors (Lipinski definition) is 2. The number of nitrogens with one attached hydrogen (secondary N) is 2. The average Bonchev–Trinajstić information content (AvgIpc) is 2.84. The maximum Gasteiger partial charge on any atom is 0.224 e. The molecule has 35 heavy (non-hydrogen) atoms. The molecule has 2 N–H and O–H groups in total. The van der Waals surface area contributed by atoms with Gasteiger partial charge in [0.05, 0.1) is 5.52 Å². The molecule has 8 heteroatoms. The number of benzene rings is 1. The number of pyridine rings is 1. The summed E-state index contributed by atoms with van der Waals surface area (Å²) in [6.07, 6.45) is 2.57. The summed E-state index contributed by atoms with van der Waals surface area (Å²) in [6, 6.07) is 7.95. The summed E-state index contributed by atoms with van der Waals surface area (Å²) in [6.45, 7) is 14.0. The number of fused-ring (bicyclic) bond motifs is 1. The van der Waals surface area contributed by atoms with Gasteiger partial charge in [0.1, 0.15) is 5.82 Å². The van der Waals surface area contributed by atoms with Crippen molar-refractivity contribution in [3.8, 4) is 0 Å². The van der Waals surface area contributed by atoms with E-state index in [1.807, 2.05) is 18.2 Å². The summed E-state index contributed by atoms with van der Waals surface area (Å²) >= 11 is 0. The van der Waals surface area contributed by atoms with Gasteiger partial charge in [-0.2, -0.15) is 0 Å². The lowest BCUT2D eigenvalue weighted by atomic mass is 10.1. The van der Waals surface area contributed by atoms with Crippen molar-refractivity contribution in [3.63, 3.8) is 0 Å². The molecule has 8 nitrogen and oxygen atoms in total. The van der Waals surface area contributed by atoms with Gasteiger partial charge in [-0.1, -0.05) is 13.8 Å². The Kier molecular flexibility index (Phi) is 10.3. The highest BCUT2D eigenvalue weighted by Gasteiger charge is 2.17. The molecule has 0 radical (unpaired) electrons. The second kappa shape index (κ2) is 13.4. The molecule has 1 saturated heterocycles. The van der Waals surface area contributed by atoms with E-state index in [0.717, 1.165) is 86.6 Å². The van der Waals surface area contributed by atoms with Crippen molar-refractivity contribution in [2.75, 3.05) is 69.6 Å². The molecule has 0 unspecified atom stereocenters. The largest absolute Gasteiger partial charge is 0.355 e. The van der Waals surface area contributed by atoms with Gasteiger partial charge in [-0.3, -0.25) is 9.59 Å². The number of aromatic nitrogens is 1. The van der Waals surface area contributed by atoms with E-state index < -0.39 is 0 Å². The molecular formula is C27H42N6O2. The molecule has 1 aliphatic rings. The number of likely N-dealkylation sites (N-methyl/N-ethyl adjacent to an activating group) is 1. The Morgan fingerprint density at radius 1 is 0.971 bits per heavy atom. The molecule has 0 spiro atoms. The number of carbonyl (C=O) groups is 2. The maximum absolute atomic E-state index is 12.5. The van der Waals surface area contributed by atoms with E-state index in [2.05, 4.69) is 59.2 Å². The number of amides is 2. The van der Waals surface area contributed by atoms with E-state index >= 15 is 0 Å². The van der Waals surface area contributed by atoms with Crippen LogP contribution in [0.1, 0.15) is 45.1 Å². The Bertz CT molecular complexity index is 981. The summed E-state index contributed by atoms with van der Waals surface area (Å²) in [5, 5.41) is 6.91. The SMILES string of the molecule is CCCN(CCC)CCNC(=O)CCC(=O)Nc1ccc2nc(N3CCN(C)CC3)cc(C)c2c1. The lowest BCUT2D eigenvalue weighted by Crippen LogP contribution is -2.44. The fraction of sp³-hybridized carbons (Fsp3) is 0.593. The second-order valence-electron chi connectivity index (χ2n) is 9.56. The number of carbonyl (C=O) groups excluding carboxylic acids is 2. The number of rotatable bonds is 12. The smallest absolute Gasteiger partial charge is 0.224 e. The molecule has 1 aromatic carbocycles. The minimum absolute atomic E-state index is 0.0805. The van der Waals surface area contributed by atoms with Crippen molar-refractivity contribution in [2.45, 2.75) is 46.5 Å². The minimum atomic E-state index is -0.155. The molecule has 0 atom stereocenters. The molecule has 3 rings (SSSR count). The van der Waals surface area contributed by atoms with Gasteiger partial charge in [-0.05, 0) is 69.7 Å². The van der Waals surface area contributed by atoms with E-state index in [0.29, 0.717) is 6.54 Å². The van der Waals surface area contributed by atoms with Gasteiger partial charge in [0.2, 0.25) is 11.8 Å². The Morgan fingerprint density at radius 2 is 1.66 bits per heavy atom. The van der Waals surface area contributed by atoms with Gasteiger partial charge in [-0.25, -0.2) is 4.98 Å². The lowest BCUT2D eigenvalue weighted by Gasteiger charge is -2.33. The average molecular weight is 483 g/mol. The van der Waals surface area contributed by atoms with Crippen molar-refractivity contribution >= 4 is 34.2 Å². The van der Waals surface area contributed by atoms with E-state index in [4.69, 9.17) is 4.98 Å². The van der Waals surface area contributed by atoms with Crippen LogP contribution in [-0.4, -0.2) is 86.0 Å². The molecule has 1 aromatic heterocycles. The Labute approximate surface area is 210 Å². The fourth-order valence-corrected chi connectivity index (χ4v) is 4.51. The van der Waals surface area contributed by atoms with Crippen LogP contribution in [-0.2, 0) is 9.59 Å². The van der Waals surface area contributed by atoms with Crippen LogP contribution in [0, 0.1) is 6.92 Å². The fourth-order valence-electron chi connectivity index (χ4n) is 4.51. The summed E-state index contributed by atoms with van der Waals surface area (Å²) in [5.41, 5.74) is 2.80. The van der Waals surface area contributed by atoms with Gasteiger partial charge in [0.25, 0.3) is 0 Å². The number of hydrogen-bond acceptors (Lipinski definition) is 6. The first-order chi connectivity index (χ1) is 16.9. The number of piperazine rings is 1. The summed E-state index contributed by atoms with van der Waals surface area (Å²) in [4.78, 5) is 36.5. The monoisotopic (exact) mass is 482 g/mol. The molecule has 2 heterocycles. The van der Waals surface area contributed by atoms with Crippen molar-refractivity contribution < 1.29 is 9.59 Å². The van der Waals surface area contributed by atoms with Crippen LogP contribution in [0.4, 0.5) is 11.5 Å². The third-order valence-electron chi connectivity index (χ3n) is 6.52. The third kappa shape index (κ3) is 8.18. The van der Waals surface area contributed by atoms with Gasteiger partial charge >= 0.3 is 0 Å². The van der Waals surface area contributed by atoms with Crippen molar-refractivity contribution in [1.82, 2.24) is 20.1 Å². The summed E-state index contributed by atoms with van der Waals surface area (Å²) in [7, 11) is 2.15. The van der Waals surface area contributed by atoms with Crippen molar-refractivity contribution in [3.05, 3.63) is 29.8 Å². The van der Waals surface area contributed by atoms with E-state index in [9.17, 15) is 9.59 Å². The topological polar surface area (TPSA) is 80.8 Å². The highest BCUT2D eigenvalue weighted by molar-refractivity contribution is 5.96. The molecule has 2 amide bonds. The van der Waals surface area contributed by atoms with Gasteiger partial charge in [0.15, 0.2) is 0 Å². The molecule has 1 fully saturated rings. The lowest BCUT2D eigenvalue weighted by molar-refractivity contribution is -0.124. The second-order valence-corrected chi connectivity index (χ2v) is 9.56. The highest BCUT2D eigenvalue weighted by Crippen LogP contribution is 2.26. The van der Waals surface area contributed by atoms with E-state index in [1.165, 1.54) is 0 Å². The van der Waals surface area contributed by atoms with Crippen molar-refractivity contribution in [2.24, 2.45) is 0 Å². The molecule has 0 aliphatic carbocycles. The minimum Gasteiger partial charge on any atom is -0.355 e. The highest BCUT2D eigenvalue weighted by atomic mass is 16.2. The van der Waals surface area contributed by atoms with Crippen LogP contribution in [0.2, 0.25) is 0 Å². The number of aryl methyl sites for hydroxylation is 1. The van der Waals surface area contributed by atoms with Crippen LogP contribution in [0.25, 0.3) is 10.9 Å². The first-order valence-electron chi connectivity index (χ1n) is 13.0. The zero-order chi connectivity index (χ0) is 25.2. The number of anilines is 2. The normalized spacial score (nSPS) is 14.5. The van der Waals surface area contributed by atoms with Gasteiger partial charge in [0, 0.05) is 63.2 Å². The summed E-state index contributed by atoms with van der Waals surface area (Å²) < 4.78 is 0. The van der Waals surface area contributed by atoms with Crippen LogP contribution >= 0.6 is 0 Å². The van der Waals surface area contributed by atoms with Crippen LogP contribution < -0.4 is 15.5 Å². The van der Waals surface area contributed by atoms with Gasteiger partial charge in [-0.15, -0.1) is 0 Å². The zero-order valence-corrected chi connectivity index (χ0v) is 21.9. The first kappa shape index (κ1) is 26.9. The first-order valence-corrected chi connectivity index (χ1v) is 13.0. The van der Waals surface area contributed by atoms with Crippen LogP contribution in [0.15, 0.2) is 24.3 Å². The molecule has 0 bridgehead atoms. The molecule has 1 aliphatic heterocycles. The van der Waals surface area contributed by atoms with Gasteiger partial charge < -0.3 is 25.3 Å².